The van der Waals surface area contributed by atoms with Gasteiger partial charge in [0.05, 0.1) is 16.7 Å². The summed E-state index contributed by atoms with van der Waals surface area (Å²) >= 11 is 0.921. The number of aliphatic hydroxyl groups is 1. The molecule has 0 spiro atoms. The Morgan fingerprint density at radius 2 is 1.79 bits per heavy atom. The van der Waals surface area contributed by atoms with E-state index < -0.39 is 27.2 Å². The number of thiazole rings is 1. The average Bonchev–Trinajstić information content (AvgIpc) is 3.34. The number of hydrogen-bond acceptors (Lipinski definition) is 6. The summed E-state index contributed by atoms with van der Waals surface area (Å²) in [6, 6.07) is 4.10. The van der Waals surface area contributed by atoms with Crippen LogP contribution in [0.1, 0.15) is 50.8 Å². The molecular formula is C18H20F3NO4S2. The highest BCUT2D eigenvalue weighted by Crippen LogP contribution is 2.47. The maximum Gasteiger partial charge on any atom is 0.421 e. The molecule has 0 aliphatic heterocycles. The Bertz CT molecular complexity index is 960. The van der Waals surface area contributed by atoms with Gasteiger partial charge in [0.1, 0.15) is 0 Å². The van der Waals surface area contributed by atoms with Crippen molar-refractivity contribution in [1.82, 2.24) is 4.98 Å². The van der Waals surface area contributed by atoms with Crippen molar-refractivity contribution in [2.75, 3.05) is 0 Å². The minimum Gasteiger partial charge on any atom is -0.467 e. The van der Waals surface area contributed by atoms with Gasteiger partial charge in [-0.15, -0.1) is 0 Å². The second-order valence-electron chi connectivity index (χ2n) is 7.19. The molecule has 1 atom stereocenters. The van der Waals surface area contributed by atoms with Crippen molar-refractivity contribution in [2.24, 2.45) is 0 Å². The maximum absolute atomic E-state index is 13.1. The third-order valence-corrected chi connectivity index (χ3v) is 7.68. The van der Waals surface area contributed by atoms with Crippen molar-refractivity contribution < 1.29 is 31.4 Å². The zero-order valence-electron chi connectivity index (χ0n) is 15.4. The van der Waals surface area contributed by atoms with Gasteiger partial charge in [-0.3, -0.25) is 0 Å². The van der Waals surface area contributed by atoms with E-state index in [0.29, 0.717) is 12.6 Å². The van der Waals surface area contributed by atoms with E-state index >= 15 is 0 Å². The quantitative estimate of drug-likeness (QED) is 0.727. The second-order valence-corrected chi connectivity index (χ2v) is 10.3. The molecule has 0 saturated heterocycles. The van der Waals surface area contributed by atoms with E-state index in [-0.39, 0.29) is 26.3 Å². The van der Waals surface area contributed by atoms with E-state index in [1.54, 1.807) is 13.8 Å². The van der Waals surface area contributed by atoms with Gasteiger partial charge in [-0.25, -0.2) is 13.4 Å². The Morgan fingerprint density at radius 1 is 1.21 bits per heavy atom. The molecule has 28 heavy (non-hydrogen) atoms. The largest absolute Gasteiger partial charge is 0.467 e. The lowest BCUT2D eigenvalue weighted by Crippen LogP contribution is -2.39. The lowest BCUT2D eigenvalue weighted by atomic mass is 9.96. The minimum atomic E-state index is -4.88. The third kappa shape index (κ3) is 3.90. The van der Waals surface area contributed by atoms with Crippen LogP contribution in [0.2, 0.25) is 0 Å². The summed E-state index contributed by atoms with van der Waals surface area (Å²) in [5.74, 6) is 0.0516. The minimum absolute atomic E-state index is 0.0516. The molecule has 154 valence electrons. The molecule has 1 aliphatic rings. The number of benzene rings is 1. The number of aromatic nitrogens is 1. The predicted molar refractivity (Wildman–Crippen MR) is 97.4 cm³/mol. The van der Waals surface area contributed by atoms with Crippen LogP contribution < -0.4 is 4.74 Å². The van der Waals surface area contributed by atoms with Gasteiger partial charge < -0.3 is 9.84 Å². The Kier molecular flexibility index (Phi) is 5.26. The zero-order valence-corrected chi connectivity index (χ0v) is 17.1. The number of hydrogen-bond donors (Lipinski definition) is 1. The third-order valence-electron chi connectivity index (χ3n) is 4.42. The molecule has 0 amide bonds. The number of rotatable bonds is 6. The highest BCUT2D eigenvalue weighted by Gasteiger charge is 2.51. The van der Waals surface area contributed by atoms with Crippen molar-refractivity contribution in [3.05, 3.63) is 35.5 Å². The Labute approximate surface area is 165 Å². The first-order chi connectivity index (χ1) is 12.8. The molecule has 0 radical (unpaired) electrons. The molecule has 2 aromatic rings. The van der Waals surface area contributed by atoms with E-state index in [4.69, 9.17) is 4.74 Å². The van der Waals surface area contributed by atoms with Crippen LogP contribution >= 0.6 is 11.3 Å². The zero-order chi connectivity index (χ0) is 20.9. The summed E-state index contributed by atoms with van der Waals surface area (Å²) in [5, 5.41) is 10.0. The molecule has 10 heteroatoms. The van der Waals surface area contributed by atoms with Gasteiger partial charge in [-0.2, -0.15) is 13.2 Å². The van der Waals surface area contributed by atoms with Crippen LogP contribution in [0.5, 0.6) is 5.19 Å². The summed E-state index contributed by atoms with van der Waals surface area (Å²) in [5.41, 5.74) is -3.06. The fourth-order valence-electron chi connectivity index (χ4n) is 2.59. The molecule has 1 N–H and O–H groups in total. The van der Waals surface area contributed by atoms with Crippen LogP contribution in [0, 0.1) is 0 Å². The van der Waals surface area contributed by atoms with E-state index in [1.807, 2.05) is 0 Å². The van der Waals surface area contributed by atoms with Crippen molar-refractivity contribution in [1.29, 1.82) is 0 Å². The fraction of sp³-hybridized carbons (Fsp3) is 0.500. The first-order valence-electron chi connectivity index (χ1n) is 8.66. The van der Waals surface area contributed by atoms with E-state index in [9.17, 15) is 26.7 Å². The molecule has 1 aliphatic carbocycles. The molecule has 1 unspecified atom stereocenters. The van der Waals surface area contributed by atoms with E-state index in [2.05, 4.69) is 4.98 Å². The molecule has 0 bridgehead atoms. The SMILES string of the molecule is CC(C)Oc1nc(C2CC2)c(S(=O)(=O)c2ccc(C(C)(O)C(F)(F)F)cc2)s1. The summed E-state index contributed by atoms with van der Waals surface area (Å²) < 4.78 is 70.7. The van der Waals surface area contributed by atoms with Crippen LogP contribution in [0.25, 0.3) is 0 Å². The smallest absolute Gasteiger partial charge is 0.421 e. The van der Waals surface area contributed by atoms with Gasteiger partial charge in [0.2, 0.25) is 9.84 Å². The van der Waals surface area contributed by atoms with Gasteiger partial charge in [0.15, 0.2) is 9.81 Å². The van der Waals surface area contributed by atoms with E-state index in [1.165, 1.54) is 0 Å². The molecule has 1 aromatic carbocycles. The van der Waals surface area contributed by atoms with Crippen molar-refractivity contribution in [3.63, 3.8) is 0 Å². The van der Waals surface area contributed by atoms with Gasteiger partial charge in [-0.1, -0.05) is 23.5 Å². The van der Waals surface area contributed by atoms with E-state index in [0.717, 1.165) is 48.4 Å². The number of alkyl halides is 3. The molecule has 1 aromatic heterocycles. The number of sulfone groups is 1. The highest BCUT2D eigenvalue weighted by atomic mass is 32.2. The predicted octanol–water partition coefficient (Wildman–Crippen LogP) is 4.41. The first-order valence-corrected chi connectivity index (χ1v) is 11.0. The average molecular weight is 435 g/mol. The summed E-state index contributed by atoms with van der Waals surface area (Å²) in [6.45, 7) is 4.23. The van der Waals surface area contributed by atoms with Crippen molar-refractivity contribution in [3.8, 4) is 5.19 Å². The Balaban J connectivity index is 1.99. The summed E-state index contributed by atoms with van der Waals surface area (Å²) in [4.78, 5) is 4.17. The van der Waals surface area contributed by atoms with Crippen LogP contribution in [-0.4, -0.2) is 30.8 Å². The lowest BCUT2D eigenvalue weighted by molar-refractivity contribution is -0.258. The lowest BCUT2D eigenvalue weighted by Gasteiger charge is -2.26. The normalized spacial score (nSPS) is 17.6. The van der Waals surface area contributed by atoms with Crippen LogP contribution in [0.4, 0.5) is 13.2 Å². The van der Waals surface area contributed by atoms with Gasteiger partial charge >= 0.3 is 6.18 Å². The maximum atomic E-state index is 13.1. The highest BCUT2D eigenvalue weighted by molar-refractivity contribution is 7.93. The second kappa shape index (κ2) is 7.00. The topological polar surface area (TPSA) is 76.5 Å². The Morgan fingerprint density at radius 3 is 2.25 bits per heavy atom. The van der Waals surface area contributed by atoms with Crippen LogP contribution in [-0.2, 0) is 15.4 Å². The van der Waals surface area contributed by atoms with Crippen LogP contribution in [0.15, 0.2) is 33.4 Å². The molecule has 1 fully saturated rings. The number of ether oxygens (including phenoxy) is 1. The van der Waals surface area contributed by atoms with Crippen molar-refractivity contribution in [2.45, 2.75) is 66.5 Å². The summed E-state index contributed by atoms with van der Waals surface area (Å²) in [7, 11) is -3.97. The fourth-order valence-corrected chi connectivity index (χ4v) is 5.58. The summed E-state index contributed by atoms with van der Waals surface area (Å²) in [6.07, 6.45) is -3.38. The molecule has 1 saturated carbocycles. The van der Waals surface area contributed by atoms with Gasteiger partial charge in [0, 0.05) is 5.92 Å². The monoisotopic (exact) mass is 435 g/mol. The van der Waals surface area contributed by atoms with Crippen molar-refractivity contribution >= 4 is 21.2 Å². The molecule has 3 rings (SSSR count). The van der Waals surface area contributed by atoms with Gasteiger partial charge in [-0.05, 0) is 51.3 Å². The molecule has 1 heterocycles. The molecular weight excluding hydrogens is 415 g/mol. The molecule has 5 nitrogen and oxygen atoms in total. The standard InChI is InChI=1S/C18H20F3NO4S2/c1-10(2)26-16-22-14(11-4-5-11)15(27-16)28(24,25)13-8-6-12(7-9-13)17(3,23)18(19,20)21/h6-11,23H,4-5H2,1-3H3. The number of nitrogens with zero attached hydrogens (tertiary/aromatic N) is 1. The number of halogens is 3. The van der Waals surface area contributed by atoms with Crippen LogP contribution in [0.3, 0.4) is 0 Å². The van der Waals surface area contributed by atoms with Gasteiger partial charge in [0.25, 0.3) is 5.19 Å². The first kappa shape index (κ1) is 21.1. The Hall–Kier alpha value is -1.65.